The quantitative estimate of drug-likeness (QED) is 0.354. The van der Waals surface area contributed by atoms with Gasteiger partial charge in [0.25, 0.3) is 11.8 Å². The smallest absolute Gasteiger partial charge is 0.288 e. The van der Waals surface area contributed by atoms with Crippen LogP contribution in [0.5, 0.6) is 0 Å². The lowest BCUT2D eigenvalue weighted by Crippen LogP contribution is -2.42. The number of benzene rings is 2. The van der Waals surface area contributed by atoms with Crippen molar-refractivity contribution >= 4 is 39.1 Å². The van der Waals surface area contributed by atoms with E-state index in [1.165, 1.54) is 12.1 Å². The average molecular weight is 498 g/mol. The number of nitrogens with one attached hydrogen (secondary N) is 3. The summed E-state index contributed by atoms with van der Waals surface area (Å²) in [4.78, 5) is 29.4. The molecule has 0 atom stereocenters. The number of imidazole rings is 1. The molecule has 0 aliphatic rings. The molecule has 11 heteroatoms. The minimum atomic E-state index is -4.00. The number of rotatable bonds is 6. The molecule has 4 aromatic rings. The summed E-state index contributed by atoms with van der Waals surface area (Å²) in [6, 6.07) is 18.1. The van der Waals surface area contributed by atoms with Gasteiger partial charge in [-0.2, -0.15) is 0 Å². The second-order valence-electron chi connectivity index (χ2n) is 7.34. The van der Waals surface area contributed by atoms with Gasteiger partial charge in [0.2, 0.25) is 10.0 Å². The zero-order valence-electron chi connectivity index (χ0n) is 17.9. The van der Waals surface area contributed by atoms with E-state index in [-0.39, 0.29) is 27.7 Å². The van der Waals surface area contributed by atoms with Crippen LogP contribution in [-0.4, -0.2) is 29.6 Å². The summed E-state index contributed by atoms with van der Waals surface area (Å²) in [6.45, 7) is 1.74. The predicted molar refractivity (Wildman–Crippen MR) is 127 cm³/mol. The fraction of sp³-hybridized carbons (Fsp3) is 0.0870. The van der Waals surface area contributed by atoms with Crippen molar-refractivity contribution in [3.63, 3.8) is 0 Å². The van der Waals surface area contributed by atoms with Crippen molar-refractivity contribution in [1.29, 1.82) is 0 Å². The molecule has 0 saturated heterocycles. The Bertz CT molecular complexity index is 1490. The van der Waals surface area contributed by atoms with E-state index >= 15 is 0 Å². The molecule has 174 valence electrons. The van der Waals surface area contributed by atoms with Gasteiger partial charge in [-0.15, -0.1) is 0 Å². The number of nitrogens with zero attached hydrogens (tertiary/aromatic N) is 2. The molecule has 0 aliphatic heterocycles. The van der Waals surface area contributed by atoms with Crippen LogP contribution < -0.4 is 15.6 Å². The van der Waals surface area contributed by atoms with Gasteiger partial charge in [0.05, 0.1) is 10.7 Å². The monoisotopic (exact) mass is 497 g/mol. The normalized spacial score (nSPS) is 11.4. The van der Waals surface area contributed by atoms with E-state index in [0.717, 1.165) is 11.6 Å². The number of pyridine rings is 1. The third-order valence-corrected chi connectivity index (χ3v) is 6.88. The first-order valence-corrected chi connectivity index (χ1v) is 12.0. The van der Waals surface area contributed by atoms with Crippen LogP contribution in [0.1, 0.15) is 32.1 Å². The maximum absolute atomic E-state index is 12.8. The van der Waals surface area contributed by atoms with Crippen LogP contribution in [0.25, 0.3) is 5.65 Å². The molecule has 4 rings (SSSR count). The fourth-order valence-electron chi connectivity index (χ4n) is 3.33. The topological polar surface area (TPSA) is 122 Å². The number of hydrogen-bond donors (Lipinski definition) is 3. The number of hydrogen-bond acceptors (Lipinski definition) is 5. The summed E-state index contributed by atoms with van der Waals surface area (Å²) in [6.07, 6.45) is 1.69. The van der Waals surface area contributed by atoms with Crippen molar-refractivity contribution in [2.24, 2.45) is 0 Å². The van der Waals surface area contributed by atoms with Crippen molar-refractivity contribution < 1.29 is 18.0 Å². The number of aromatic nitrogens is 2. The van der Waals surface area contributed by atoms with Crippen LogP contribution in [0.2, 0.25) is 5.02 Å². The Morgan fingerprint density at radius 1 is 0.971 bits per heavy atom. The molecule has 3 N–H and O–H groups in total. The van der Waals surface area contributed by atoms with E-state index in [4.69, 9.17) is 11.6 Å². The summed E-state index contributed by atoms with van der Waals surface area (Å²) in [5.41, 5.74) is 6.74. The Labute approximate surface area is 200 Å². The van der Waals surface area contributed by atoms with Gasteiger partial charge in [0, 0.05) is 18.3 Å². The third kappa shape index (κ3) is 4.93. The first kappa shape index (κ1) is 23.4. The Hall–Kier alpha value is -3.73. The zero-order valence-corrected chi connectivity index (χ0v) is 19.5. The Kier molecular flexibility index (Phi) is 6.64. The highest BCUT2D eigenvalue weighted by atomic mass is 35.5. The van der Waals surface area contributed by atoms with Crippen LogP contribution >= 0.6 is 11.6 Å². The van der Waals surface area contributed by atoms with Gasteiger partial charge >= 0.3 is 0 Å². The van der Waals surface area contributed by atoms with Crippen molar-refractivity contribution in [2.75, 3.05) is 0 Å². The molecule has 0 radical (unpaired) electrons. The molecule has 9 nitrogen and oxygen atoms in total. The SMILES string of the molecule is Cc1nc2ccccn2c1C(=O)NNC(=O)c1ccc(Cl)c(S(=O)(=O)NCc2ccccc2)c1. The van der Waals surface area contributed by atoms with Crippen LogP contribution in [0.4, 0.5) is 0 Å². The van der Waals surface area contributed by atoms with E-state index in [1.54, 1.807) is 60.0 Å². The molecule has 0 unspecified atom stereocenters. The van der Waals surface area contributed by atoms with Crippen molar-refractivity contribution in [1.82, 2.24) is 25.0 Å². The van der Waals surface area contributed by atoms with Gasteiger partial charge in [-0.05, 0) is 42.8 Å². The Morgan fingerprint density at radius 2 is 1.68 bits per heavy atom. The first-order valence-electron chi connectivity index (χ1n) is 10.1. The molecule has 0 saturated carbocycles. The Balaban J connectivity index is 1.48. The molecule has 2 aromatic carbocycles. The molecule has 2 amide bonds. The number of carbonyl (C=O) groups excluding carboxylic acids is 2. The van der Waals surface area contributed by atoms with Crippen LogP contribution in [0, 0.1) is 6.92 Å². The molecular formula is C23H20ClN5O4S. The van der Waals surface area contributed by atoms with Crippen molar-refractivity contribution in [2.45, 2.75) is 18.4 Å². The van der Waals surface area contributed by atoms with Crippen LogP contribution in [0.15, 0.2) is 77.8 Å². The summed E-state index contributed by atoms with van der Waals surface area (Å²) in [5.74, 6) is -1.29. The second-order valence-corrected chi connectivity index (χ2v) is 9.48. The number of aryl methyl sites for hydroxylation is 1. The van der Waals surface area contributed by atoms with Gasteiger partial charge in [0.1, 0.15) is 16.2 Å². The minimum Gasteiger partial charge on any atom is -0.295 e. The van der Waals surface area contributed by atoms with Crippen molar-refractivity contribution in [3.05, 3.63) is 100 Å². The third-order valence-electron chi connectivity index (χ3n) is 5.00. The molecule has 0 spiro atoms. The van der Waals surface area contributed by atoms with E-state index in [0.29, 0.717) is 11.3 Å². The number of carbonyl (C=O) groups is 2. The highest BCUT2D eigenvalue weighted by Crippen LogP contribution is 2.23. The lowest BCUT2D eigenvalue weighted by Gasteiger charge is -2.11. The lowest BCUT2D eigenvalue weighted by molar-refractivity contribution is 0.0843. The lowest BCUT2D eigenvalue weighted by atomic mass is 10.2. The predicted octanol–water partition coefficient (Wildman–Crippen LogP) is 2.85. The summed E-state index contributed by atoms with van der Waals surface area (Å²) in [7, 11) is -4.00. The molecule has 0 aliphatic carbocycles. The number of halogens is 1. The van der Waals surface area contributed by atoms with Crippen LogP contribution in [0.3, 0.4) is 0 Å². The van der Waals surface area contributed by atoms with E-state index in [2.05, 4.69) is 20.6 Å². The van der Waals surface area contributed by atoms with Gasteiger partial charge in [0.15, 0.2) is 0 Å². The minimum absolute atomic E-state index is 0.000324. The highest BCUT2D eigenvalue weighted by molar-refractivity contribution is 7.89. The fourth-order valence-corrected chi connectivity index (χ4v) is 4.88. The first-order chi connectivity index (χ1) is 16.3. The van der Waals surface area contributed by atoms with Gasteiger partial charge in [-0.3, -0.25) is 24.8 Å². The molecule has 0 bridgehead atoms. The van der Waals surface area contributed by atoms with Gasteiger partial charge in [-0.1, -0.05) is 48.0 Å². The Morgan fingerprint density at radius 3 is 2.44 bits per heavy atom. The standard InChI is InChI=1S/C23H20ClN5O4S/c1-15-21(29-12-6-5-9-20(29)26-15)23(31)28-27-22(30)17-10-11-18(24)19(13-17)34(32,33)25-14-16-7-3-2-4-8-16/h2-13,25H,14H2,1H3,(H,27,30)(H,28,31). The van der Waals surface area contributed by atoms with E-state index in [1.807, 2.05) is 6.07 Å². The largest absolute Gasteiger partial charge is 0.295 e. The van der Waals surface area contributed by atoms with Gasteiger partial charge < -0.3 is 0 Å². The van der Waals surface area contributed by atoms with E-state index in [9.17, 15) is 18.0 Å². The average Bonchev–Trinajstić information content (AvgIpc) is 3.17. The molecular weight excluding hydrogens is 478 g/mol. The highest BCUT2D eigenvalue weighted by Gasteiger charge is 2.21. The van der Waals surface area contributed by atoms with Gasteiger partial charge in [-0.25, -0.2) is 18.1 Å². The molecule has 0 fully saturated rings. The molecule has 2 aromatic heterocycles. The number of fused-ring (bicyclic) bond motifs is 1. The molecule has 2 heterocycles. The zero-order chi connectivity index (χ0) is 24.3. The summed E-state index contributed by atoms with van der Waals surface area (Å²) in [5, 5.41) is -0.0394. The summed E-state index contributed by atoms with van der Waals surface area (Å²) < 4.78 is 29.6. The number of sulfonamides is 1. The second kappa shape index (κ2) is 9.64. The summed E-state index contributed by atoms with van der Waals surface area (Å²) >= 11 is 6.10. The number of amides is 2. The number of hydrazine groups is 1. The maximum Gasteiger partial charge on any atom is 0.288 e. The van der Waals surface area contributed by atoms with Crippen LogP contribution in [-0.2, 0) is 16.6 Å². The van der Waals surface area contributed by atoms with Crippen molar-refractivity contribution in [3.8, 4) is 0 Å². The van der Waals surface area contributed by atoms with E-state index < -0.39 is 21.8 Å². The molecule has 34 heavy (non-hydrogen) atoms. The maximum atomic E-state index is 12.8.